The van der Waals surface area contributed by atoms with Crippen molar-refractivity contribution in [2.75, 3.05) is 13.2 Å². The van der Waals surface area contributed by atoms with Gasteiger partial charge in [-0.1, -0.05) is 13.3 Å². The van der Waals surface area contributed by atoms with Crippen LogP contribution < -0.4 is 10.6 Å². The maximum Gasteiger partial charge on any atom is 0.407 e. The van der Waals surface area contributed by atoms with Gasteiger partial charge in [-0.25, -0.2) is 4.79 Å². The van der Waals surface area contributed by atoms with Crippen LogP contribution in [0.1, 0.15) is 32.6 Å². The van der Waals surface area contributed by atoms with Crippen LogP contribution in [0.15, 0.2) is 0 Å². The van der Waals surface area contributed by atoms with Crippen LogP contribution in [0, 0.1) is 0 Å². The van der Waals surface area contributed by atoms with Crippen molar-refractivity contribution in [2.24, 2.45) is 0 Å². The fourth-order valence-electron chi connectivity index (χ4n) is 1.78. The first-order valence-electron chi connectivity index (χ1n) is 6.17. The Morgan fingerprint density at radius 1 is 1.44 bits per heavy atom. The maximum absolute atomic E-state index is 12.4. The smallest absolute Gasteiger partial charge is 0.407 e. The summed E-state index contributed by atoms with van der Waals surface area (Å²) in [5.41, 5.74) is 0. The van der Waals surface area contributed by atoms with Crippen molar-refractivity contribution in [3.63, 3.8) is 0 Å². The number of nitrogens with one attached hydrogen (secondary N) is 2. The van der Waals surface area contributed by atoms with E-state index in [9.17, 15) is 18.0 Å². The molecule has 1 heterocycles. The molecular formula is C11H19F3N2O2. The predicted molar refractivity (Wildman–Crippen MR) is 60.3 cm³/mol. The van der Waals surface area contributed by atoms with Crippen LogP contribution in [-0.4, -0.2) is 37.5 Å². The number of hydrogen-bond donors (Lipinski definition) is 2. The third-order valence-corrected chi connectivity index (χ3v) is 2.86. The number of amides is 1. The first-order valence-corrected chi connectivity index (χ1v) is 6.17. The van der Waals surface area contributed by atoms with Gasteiger partial charge in [-0.2, -0.15) is 13.2 Å². The lowest BCUT2D eigenvalue weighted by Gasteiger charge is -2.31. The number of halogens is 3. The van der Waals surface area contributed by atoms with Crippen LogP contribution in [0.2, 0.25) is 0 Å². The summed E-state index contributed by atoms with van der Waals surface area (Å²) in [6.07, 6.45) is -2.78. The normalized spacial score (nSPS) is 24.7. The number of alkyl halides is 3. The van der Waals surface area contributed by atoms with Gasteiger partial charge in [-0.05, 0) is 19.3 Å². The van der Waals surface area contributed by atoms with E-state index in [0.29, 0.717) is 13.0 Å². The largest absolute Gasteiger partial charge is 0.450 e. The molecular weight excluding hydrogens is 249 g/mol. The SMILES string of the molecule is CCCCOC(=O)NC1CCC(C(F)(F)F)NC1. The molecule has 7 heteroatoms. The van der Waals surface area contributed by atoms with Crippen molar-refractivity contribution in [3.05, 3.63) is 0 Å². The Hall–Kier alpha value is -0.980. The Bertz CT molecular complexity index is 264. The van der Waals surface area contributed by atoms with E-state index >= 15 is 0 Å². The van der Waals surface area contributed by atoms with Crippen molar-refractivity contribution in [1.29, 1.82) is 0 Å². The molecule has 0 aromatic carbocycles. The van der Waals surface area contributed by atoms with Gasteiger partial charge in [0.1, 0.15) is 6.04 Å². The predicted octanol–water partition coefficient (Wildman–Crippen LogP) is 2.20. The number of carbonyl (C=O) groups excluding carboxylic acids is 1. The highest BCUT2D eigenvalue weighted by molar-refractivity contribution is 5.67. The number of carbonyl (C=O) groups is 1. The van der Waals surface area contributed by atoms with Crippen LogP contribution in [-0.2, 0) is 4.74 Å². The first-order chi connectivity index (χ1) is 8.43. The van der Waals surface area contributed by atoms with Crippen molar-refractivity contribution < 1.29 is 22.7 Å². The van der Waals surface area contributed by atoms with E-state index in [2.05, 4.69) is 10.6 Å². The molecule has 4 nitrogen and oxygen atoms in total. The molecule has 2 N–H and O–H groups in total. The van der Waals surface area contributed by atoms with Gasteiger partial charge in [-0.15, -0.1) is 0 Å². The van der Waals surface area contributed by atoms with Crippen LogP contribution in [0.3, 0.4) is 0 Å². The minimum atomic E-state index is -4.22. The van der Waals surface area contributed by atoms with Gasteiger partial charge in [-0.3, -0.25) is 0 Å². The van der Waals surface area contributed by atoms with Crippen molar-refractivity contribution in [1.82, 2.24) is 10.6 Å². The van der Waals surface area contributed by atoms with E-state index in [4.69, 9.17) is 4.74 Å². The number of ether oxygens (including phenoxy) is 1. The molecule has 1 saturated heterocycles. The van der Waals surface area contributed by atoms with E-state index in [0.717, 1.165) is 12.8 Å². The lowest BCUT2D eigenvalue weighted by atomic mass is 10.0. The average molecular weight is 268 g/mol. The summed E-state index contributed by atoms with van der Waals surface area (Å²) in [5, 5.41) is 4.95. The van der Waals surface area contributed by atoms with Crippen LogP contribution >= 0.6 is 0 Å². The monoisotopic (exact) mass is 268 g/mol. The molecule has 106 valence electrons. The molecule has 1 aliphatic heterocycles. The average Bonchev–Trinajstić information content (AvgIpc) is 2.29. The number of rotatable bonds is 4. The van der Waals surface area contributed by atoms with Gasteiger partial charge in [0.15, 0.2) is 0 Å². The van der Waals surface area contributed by atoms with Gasteiger partial charge in [0, 0.05) is 12.6 Å². The first kappa shape index (κ1) is 15.1. The third kappa shape index (κ3) is 5.12. The Balaban J connectivity index is 2.21. The van der Waals surface area contributed by atoms with E-state index in [1.807, 2.05) is 6.92 Å². The molecule has 0 saturated carbocycles. The van der Waals surface area contributed by atoms with Gasteiger partial charge in [0.05, 0.1) is 6.61 Å². The van der Waals surface area contributed by atoms with Crippen molar-refractivity contribution >= 4 is 6.09 Å². The molecule has 0 radical (unpaired) electrons. The molecule has 1 amide bonds. The fraction of sp³-hybridized carbons (Fsp3) is 0.909. The van der Waals surface area contributed by atoms with Crippen LogP contribution in [0.4, 0.5) is 18.0 Å². The van der Waals surface area contributed by atoms with Gasteiger partial charge in [0.2, 0.25) is 0 Å². The summed E-state index contributed by atoms with van der Waals surface area (Å²) >= 11 is 0. The number of hydrogen-bond acceptors (Lipinski definition) is 3. The van der Waals surface area contributed by atoms with Crippen LogP contribution in [0.5, 0.6) is 0 Å². The van der Waals surface area contributed by atoms with E-state index < -0.39 is 18.3 Å². The summed E-state index contributed by atoms with van der Waals surface area (Å²) < 4.78 is 42.0. The highest BCUT2D eigenvalue weighted by Crippen LogP contribution is 2.26. The lowest BCUT2D eigenvalue weighted by Crippen LogP contribution is -2.54. The summed E-state index contributed by atoms with van der Waals surface area (Å²) in [7, 11) is 0. The second-order valence-corrected chi connectivity index (χ2v) is 4.41. The number of piperidine rings is 1. The zero-order chi connectivity index (χ0) is 13.6. The molecule has 1 rings (SSSR count). The zero-order valence-corrected chi connectivity index (χ0v) is 10.3. The Morgan fingerprint density at radius 3 is 2.67 bits per heavy atom. The molecule has 0 aromatic rings. The Kier molecular flexibility index (Phi) is 5.71. The number of alkyl carbamates (subject to hydrolysis) is 1. The molecule has 0 aromatic heterocycles. The molecule has 0 spiro atoms. The van der Waals surface area contributed by atoms with Crippen molar-refractivity contribution in [2.45, 2.75) is 50.9 Å². The molecule has 2 unspecified atom stereocenters. The van der Waals surface area contributed by atoms with E-state index in [1.54, 1.807) is 0 Å². The van der Waals surface area contributed by atoms with E-state index in [-0.39, 0.29) is 19.0 Å². The molecule has 0 bridgehead atoms. The topological polar surface area (TPSA) is 50.4 Å². The molecule has 2 atom stereocenters. The third-order valence-electron chi connectivity index (χ3n) is 2.86. The molecule has 1 aliphatic rings. The molecule has 1 fully saturated rings. The highest BCUT2D eigenvalue weighted by Gasteiger charge is 2.41. The summed E-state index contributed by atoms with van der Waals surface area (Å²) in [5.74, 6) is 0. The van der Waals surface area contributed by atoms with Gasteiger partial charge in [0.25, 0.3) is 0 Å². The second kappa shape index (κ2) is 6.82. The second-order valence-electron chi connectivity index (χ2n) is 4.41. The fourth-order valence-corrected chi connectivity index (χ4v) is 1.78. The minimum Gasteiger partial charge on any atom is -0.450 e. The minimum absolute atomic E-state index is 0.0244. The van der Waals surface area contributed by atoms with Crippen molar-refractivity contribution in [3.8, 4) is 0 Å². The maximum atomic E-state index is 12.4. The quantitative estimate of drug-likeness (QED) is 0.768. The summed E-state index contributed by atoms with van der Waals surface area (Å²) in [4.78, 5) is 11.3. The summed E-state index contributed by atoms with van der Waals surface area (Å²) in [6, 6.07) is -1.76. The van der Waals surface area contributed by atoms with E-state index in [1.165, 1.54) is 0 Å². The highest BCUT2D eigenvalue weighted by atomic mass is 19.4. The summed E-state index contributed by atoms with van der Waals surface area (Å²) in [6.45, 7) is 2.43. The molecule has 0 aliphatic carbocycles. The molecule has 18 heavy (non-hydrogen) atoms. The zero-order valence-electron chi connectivity index (χ0n) is 10.3. The van der Waals surface area contributed by atoms with Crippen LogP contribution in [0.25, 0.3) is 0 Å². The lowest BCUT2D eigenvalue weighted by molar-refractivity contribution is -0.160. The number of unbranched alkanes of at least 4 members (excludes halogenated alkanes) is 1. The van der Waals surface area contributed by atoms with Gasteiger partial charge < -0.3 is 15.4 Å². The standard InChI is InChI=1S/C11H19F3N2O2/c1-2-3-6-18-10(17)16-8-4-5-9(15-7-8)11(12,13)14/h8-9,15H,2-7H2,1H3,(H,16,17). The Labute approximate surface area is 104 Å². The Morgan fingerprint density at radius 2 is 2.17 bits per heavy atom. The van der Waals surface area contributed by atoms with Gasteiger partial charge >= 0.3 is 12.3 Å².